The molecule has 0 aliphatic carbocycles. The first-order chi connectivity index (χ1) is 14.0. The third kappa shape index (κ3) is 3.21. The number of nitrogen functional groups attached to an aromatic ring is 1. The molecule has 2 aromatic heterocycles. The number of rotatable bonds is 5. The molecule has 5 atom stereocenters. The van der Waals surface area contributed by atoms with Crippen LogP contribution in [0.25, 0.3) is 11.0 Å². The predicted molar refractivity (Wildman–Crippen MR) is 102 cm³/mol. The maximum Gasteiger partial charge on any atom is 0.323 e. The molecule has 0 radical (unpaired) electrons. The van der Waals surface area contributed by atoms with E-state index in [1.165, 1.54) is 12.3 Å². The van der Waals surface area contributed by atoms with E-state index in [0.29, 0.717) is 0 Å². The summed E-state index contributed by atoms with van der Waals surface area (Å²) < 4.78 is 26.6. The molecule has 162 valence electrons. The van der Waals surface area contributed by atoms with Gasteiger partial charge in [-0.1, -0.05) is 13.8 Å². The van der Waals surface area contributed by atoms with Gasteiger partial charge in [0.15, 0.2) is 12.3 Å². The molecule has 0 aromatic carbocycles. The molecule has 0 bridgehead atoms. The van der Waals surface area contributed by atoms with Crippen LogP contribution in [0.2, 0.25) is 0 Å². The Morgan fingerprint density at radius 3 is 2.80 bits per heavy atom. The highest BCUT2D eigenvalue weighted by molar-refractivity contribution is 5.77. The summed E-state index contributed by atoms with van der Waals surface area (Å²) in [6, 6.07) is 0.281. The number of nitrogens with zero attached hydrogens (tertiary/aromatic N) is 2. The molecule has 2 aromatic rings. The van der Waals surface area contributed by atoms with E-state index in [0.717, 1.165) is 4.57 Å². The average molecular weight is 423 g/mol. The number of aliphatic hydroxyl groups is 2. The number of aliphatic hydroxyl groups excluding tert-OH is 2. The molecule has 1 aliphatic rings. The summed E-state index contributed by atoms with van der Waals surface area (Å²) in [7, 11) is 0. The zero-order chi connectivity index (χ0) is 22.4. The van der Waals surface area contributed by atoms with Crippen molar-refractivity contribution in [2.45, 2.75) is 43.7 Å². The quantitative estimate of drug-likeness (QED) is 0.284. The van der Waals surface area contributed by atoms with Crippen LogP contribution in [0.15, 0.2) is 17.1 Å². The fourth-order valence-corrected chi connectivity index (χ4v) is 3.17. The van der Waals surface area contributed by atoms with Crippen LogP contribution in [0.1, 0.15) is 13.8 Å². The maximum absolute atomic E-state index is 15.4. The van der Waals surface area contributed by atoms with Gasteiger partial charge in [0.05, 0.1) is 5.39 Å². The number of nitrogens with one attached hydrogen (secondary N) is 1. The number of fused-ring (bicyclic) bond motifs is 1. The van der Waals surface area contributed by atoms with E-state index in [-0.39, 0.29) is 22.9 Å². The van der Waals surface area contributed by atoms with Gasteiger partial charge in [-0.25, -0.2) is 4.39 Å². The van der Waals surface area contributed by atoms with E-state index in [2.05, 4.69) is 15.9 Å². The fraction of sp³-hybridized carbons (Fsp3) is 0.500. The number of aromatic nitrogens is 3. The van der Waals surface area contributed by atoms with Gasteiger partial charge in [-0.2, -0.15) is 4.98 Å². The number of hydrogen-bond donors (Lipinski definition) is 5. The number of carbonyl (C=O) groups is 1. The van der Waals surface area contributed by atoms with E-state index >= 15 is 4.39 Å². The fourth-order valence-electron chi connectivity index (χ4n) is 3.17. The molecule has 11 nitrogen and oxygen atoms in total. The third-order valence-electron chi connectivity index (χ3n) is 5.01. The van der Waals surface area contributed by atoms with Crippen LogP contribution in [0, 0.1) is 18.3 Å². The van der Waals surface area contributed by atoms with Crippen LogP contribution in [0.4, 0.5) is 10.3 Å². The van der Waals surface area contributed by atoms with Gasteiger partial charge in [0, 0.05) is 6.20 Å². The van der Waals surface area contributed by atoms with Gasteiger partial charge in [0.25, 0.3) is 11.4 Å². The monoisotopic (exact) mass is 423 g/mol. The van der Waals surface area contributed by atoms with Gasteiger partial charge in [-0.05, 0) is 17.9 Å². The summed E-state index contributed by atoms with van der Waals surface area (Å²) in [5.74, 6) is -2.41. The van der Waals surface area contributed by atoms with E-state index < -0.39 is 48.0 Å². The Balaban J connectivity index is 1.99. The van der Waals surface area contributed by atoms with Crippen molar-refractivity contribution >= 4 is 23.0 Å². The standard InChI is InChI=1S/C18H22FN5O6/c1-4-18(24-6-5-9-13(24)22-16(21)23-14(9)27)12(26)11(25)17(19,30-18)7-29-15(28)10(20)8(2)3/h1,5-6,8,10-12,25-26H,7,20H2,2-3H3,(H3,21,22,23,27)/t10-,11-,12+,17+,18+/m0/s1. The first-order valence-corrected chi connectivity index (χ1v) is 8.99. The lowest BCUT2D eigenvalue weighted by atomic mass is 10.0. The predicted octanol–water partition coefficient (Wildman–Crippen LogP) is -1.46. The van der Waals surface area contributed by atoms with Crippen molar-refractivity contribution in [3.63, 3.8) is 0 Å². The van der Waals surface area contributed by atoms with Crippen molar-refractivity contribution in [3.05, 3.63) is 22.6 Å². The van der Waals surface area contributed by atoms with Gasteiger partial charge in [0.1, 0.15) is 18.2 Å². The van der Waals surface area contributed by atoms with Gasteiger partial charge in [-0.15, -0.1) is 6.42 Å². The number of H-pyrrole nitrogens is 1. The third-order valence-corrected chi connectivity index (χ3v) is 5.01. The summed E-state index contributed by atoms with van der Waals surface area (Å²) in [6.07, 6.45) is 2.56. The molecule has 7 N–H and O–H groups in total. The molecule has 1 saturated heterocycles. The van der Waals surface area contributed by atoms with Crippen molar-refractivity contribution in [2.75, 3.05) is 12.3 Å². The van der Waals surface area contributed by atoms with Crippen LogP contribution in [0.3, 0.4) is 0 Å². The zero-order valence-electron chi connectivity index (χ0n) is 16.2. The van der Waals surface area contributed by atoms with Crippen molar-refractivity contribution in [1.29, 1.82) is 0 Å². The van der Waals surface area contributed by atoms with Crippen LogP contribution in [0.5, 0.6) is 0 Å². The number of anilines is 1. The minimum Gasteiger partial charge on any atom is -0.458 e. The smallest absolute Gasteiger partial charge is 0.323 e. The second kappa shape index (κ2) is 7.37. The number of terminal acetylenes is 1. The first kappa shape index (κ1) is 21.7. The number of alkyl halides is 1. The number of halogens is 1. The Morgan fingerprint density at radius 1 is 1.53 bits per heavy atom. The molecule has 3 rings (SSSR count). The van der Waals surface area contributed by atoms with Crippen molar-refractivity contribution < 1.29 is 28.9 Å². The molecular formula is C18H22FN5O6. The Labute approximate surface area is 169 Å². The summed E-state index contributed by atoms with van der Waals surface area (Å²) in [6.45, 7) is 2.26. The lowest BCUT2D eigenvalue weighted by Gasteiger charge is -2.29. The Morgan fingerprint density at radius 2 is 2.20 bits per heavy atom. The number of carbonyl (C=O) groups excluding carboxylic acids is 1. The van der Waals surface area contributed by atoms with Crippen LogP contribution in [-0.4, -0.2) is 61.4 Å². The largest absolute Gasteiger partial charge is 0.458 e. The summed E-state index contributed by atoms with van der Waals surface area (Å²) in [4.78, 5) is 30.2. The number of aromatic amines is 1. The SMILES string of the molecule is C#C[C@@]1(n2ccc3c(=O)[nH]c(N)nc32)O[C@](F)(COC(=O)[C@@H](N)C(C)C)[C@@H](O)[C@H]1O. The first-order valence-electron chi connectivity index (χ1n) is 8.99. The topological polar surface area (TPSA) is 179 Å². The van der Waals surface area contributed by atoms with Crippen LogP contribution in [-0.2, 0) is 20.0 Å². The number of esters is 1. The highest BCUT2D eigenvalue weighted by Crippen LogP contribution is 2.44. The van der Waals surface area contributed by atoms with E-state index in [9.17, 15) is 19.8 Å². The minimum absolute atomic E-state index is 0.0369. The van der Waals surface area contributed by atoms with Crippen molar-refractivity contribution in [1.82, 2.24) is 14.5 Å². The molecule has 1 fully saturated rings. The normalized spacial score (nSPS) is 29.8. The highest BCUT2D eigenvalue weighted by atomic mass is 19.2. The molecule has 0 unspecified atom stereocenters. The molecule has 30 heavy (non-hydrogen) atoms. The van der Waals surface area contributed by atoms with E-state index in [1.54, 1.807) is 13.8 Å². The Kier molecular flexibility index (Phi) is 5.33. The van der Waals surface area contributed by atoms with E-state index in [4.69, 9.17) is 27.4 Å². The van der Waals surface area contributed by atoms with Gasteiger partial charge >= 0.3 is 5.97 Å². The number of hydrogen-bond acceptors (Lipinski definition) is 9. The Bertz CT molecular complexity index is 1080. The van der Waals surface area contributed by atoms with Gasteiger partial charge in [0.2, 0.25) is 11.7 Å². The maximum atomic E-state index is 15.4. The Hall–Kier alpha value is -2.98. The van der Waals surface area contributed by atoms with E-state index in [1.807, 2.05) is 0 Å². The summed E-state index contributed by atoms with van der Waals surface area (Å²) >= 11 is 0. The lowest BCUT2D eigenvalue weighted by Crippen LogP contribution is -2.46. The zero-order valence-corrected chi connectivity index (χ0v) is 16.2. The molecule has 3 heterocycles. The molecule has 1 aliphatic heterocycles. The number of ether oxygens (including phenoxy) is 2. The summed E-state index contributed by atoms with van der Waals surface area (Å²) in [5, 5.41) is 21.0. The summed E-state index contributed by atoms with van der Waals surface area (Å²) in [5.41, 5.74) is 8.20. The molecular weight excluding hydrogens is 401 g/mol. The lowest BCUT2D eigenvalue weighted by molar-refractivity contribution is -0.232. The molecule has 0 amide bonds. The van der Waals surface area contributed by atoms with Crippen molar-refractivity contribution in [2.24, 2.45) is 11.7 Å². The van der Waals surface area contributed by atoms with Crippen LogP contribution < -0.4 is 17.0 Å². The van der Waals surface area contributed by atoms with Gasteiger partial charge in [-0.3, -0.25) is 23.9 Å². The number of nitrogens with two attached hydrogens (primary N) is 2. The van der Waals surface area contributed by atoms with Crippen LogP contribution >= 0.6 is 0 Å². The molecule has 0 saturated carbocycles. The second-order valence-electron chi connectivity index (χ2n) is 7.37. The second-order valence-corrected chi connectivity index (χ2v) is 7.37. The molecule has 0 spiro atoms. The average Bonchev–Trinajstić information content (AvgIpc) is 3.20. The molecule has 12 heteroatoms. The van der Waals surface area contributed by atoms with Gasteiger partial charge < -0.3 is 26.4 Å². The minimum atomic E-state index is -3.07. The van der Waals surface area contributed by atoms with Crippen molar-refractivity contribution in [3.8, 4) is 12.3 Å². The highest BCUT2D eigenvalue weighted by Gasteiger charge is 2.65.